The van der Waals surface area contributed by atoms with Crippen LogP contribution in [0, 0.1) is 5.92 Å². The summed E-state index contributed by atoms with van der Waals surface area (Å²) in [6.07, 6.45) is 0.401. The molecule has 1 atom stereocenters. The smallest absolute Gasteiger partial charge is 0.382 e. The Balaban J connectivity index is 1.36. The Morgan fingerprint density at radius 2 is 1.97 bits per heavy atom. The van der Waals surface area contributed by atoms with Crippen molar-refractivity contribution in [1.29, 1.82) is 0 Å². The van der Waals surface area contributed by atoms with Gasteiger partial charge in [-0.3, -0.25) is 4.79 Å². The number of alkyl halides is 3. The zero-order valence-electron chi connectivity index (χ0n) is 20.6. The van der Waals surface area contributed by atoms with Crippen molar-refractivity contribution in [2.24, 2.45) is 10.9 Å². The lowest BCUT2D eigenvalue weighted by atomic mass is 10.0. The first kappa shape index (κ1) is 28.0. The van der Waals surface area contributed by atoms with Crippen LogP contribution in [0.25, 0.3) is 11.3 Å². The SMILES string of the molecule is Nc1ncc(-c2ccc(CNC(=O)Nc3ccc(Cl)c(C(F)(F)F)c3)cc2)nc1C(=O)N=CC1CCCNC1. The van der Waals surface area contributed by atoms with Crippen molar-refractivity contribution in [3.05, 3.63) is 70.5 Å². The summed E-state index contributed by atoms with van der Waals surface area (Å²) in [4.78, 5) is 37.3. The van der Waals surface area contributed by atoms with Gasteiger partial charge in [0, 0.05) is 36.5 Å². The number of carbonyl (C=O) groups excluding carboxylic acids is 2. The minimum absolute atomic E-state index is 0.0162. The van der Waals surface area contributed by atoms with Gasteiger partial charge in [0.2, 0.25) is 0 Å². The van der Waals surface area contributed by atoms with E-state index in [1.54, 1.807) is 30.5 Å². The number of carbonyl (C=O) groups is 2. The van der Waals surface area contributed by atoms with Gasteiger partial charge in [-0.15, -0.1) is 0 Å². The van der Waals surface area contributed by atoms with Crippen LogP contribution < -0.4 is 21.7 Å². The quantitative estimate of drug-likeness (QED) is 0.316. The standard InChI is InChI=1S/C26H25ClF3N7O2/c27-20-8-7-18(10-19(20)26(28,29)30)36-25(39)35-12-15-3-5-17(6-4-15)21-14-33-23(31)22(37-21)24(38)34-13-16-2-1-9-32-11-16/h3-8,10,13-14,16,32H,1-2,9,11-12H2,(H2,31,33)(H2,35,36,39). The molecule has 3 aromatic rings. The number of nitrogen functional groups attached to an aromatic ring is 1. The number of anilines is 2. The fraction of sp³-hybridized carbons (Fsp3) is 0.269. The third-order valence-electron chi connectivity index (χ3n) is 5.97. The minimum Gasteiger partial charge on any atom is -0.382 e. The zero-order chi connectivity index (χ0) is 28.0. The van der Waals surface area contributed by atoms with Crippen molar-refractivity contribution in [1.82, 2.24) is 20.6 Å². The van der Waals surface area contributed by atoms with Crippen LogP contribution in [0.1, 0.15) is 34.5 Å². The summed E-state index contributed by atoms with van der Waals surface area (Å²) in [5.74, 6) is -0.410. The van der Waals surface area contributed by atoms with E-state index in [0.717, 1.165) is 38.1 Å². The van der Waals surface area contributed by atoms with Crippen molar-refractivity contribution >= 4 is 41.3 Å². The van der Waals surface area contributed by atoms with Crippen molar-refractivity contribution in [3.63, 3.8) is 0 Å². The number of urea groups is 1. The highest BCUT2D eigenvalue weighted by Crippen LogP contribution is 2.36. The van der Waals surface area contributed by atoms with Gasteiger partial charge in [-0.05, 0) is 43.1 Å². The predicted molar refractivity (Wildman–Crippen MR) is 143 cm³/mol. The summed E-state index contributed by atoms with van der Waals surface area (Å²) < 4.78 is 39.1. The third kappa shape index (κ3) is 7.52. The largest absolute Gasteiger partial charge is 0.417 e. The van der Waals surface area contributed by atoms with Crippen molar-refractivity contribution in [2.45, 2.75) is 25.6 Å². The van der Waals surface area contributed by atoms with E-state index in [0.29, 0.717) is 16.8 Å². The summed E-state index contributed by atoms with van der Waals surface area (Å²) in [5, 5.41) is 7.73. The normalized spacial score (nSPS) is 15.7. The molecule has 0 saturated carbocycles. The lowest BCUT2D eigenvalue weighted by Gasteiger charge is -2.18. The number of halogens is 4. The highest BCUT2D eigenvalue weighted by molar-refractivity contribution is 6.31. The summed E-state index contributed by atoms with van der Waals surface area (Å²) in [5.41, 5.74) is 6.54. The van der Waals surface area contributed by atoms with E-state index < -0.39 is 28.7 Å². The fourth-order valence-electron chi connectivity index (χ4n) is 3.91. The van der Waals surface area contributed by atoms with E-state index in [2.05, 4.69) is 30.9 Å². The molecule has 0 radical (unpaired) electrons. The molecule has 3 amide bonds. The molecule has 1 fully saturated rings. The molecule has 9 nitrogen and oxygen atoms in total. The average Bonchev–Trinajstić information content (AvgIpc) is 2.92. The monoisotopic (exact) mass is 559 g/mol. The Bertz CT molecular complexity index is 1370. The second-order valence-corrected chi connectivity index (χ2v) is 9.28. The molecular weight excluding hydrogens is 535 g/mol. The van der Waals surface area contributed by atoms with Crippen LogP contribution in [0.4, 0.5) is 29.5 Å². The number of piperidine rings is 1. The molecule has 0 spiro atoms. The molecule has 1 saturated heterocycles. The van der Waals surface area contributed by atoms with Crippen LogP contribution in [0.2, 0.25) is 5.02 Å². The van der Waals surface area contributed by atoms with Crippen molar-refractivity contribution in [2.75, 3.05) is 24.1 Å². The van der Waals surface area contributed by atoms with Crippen LogP contribution in [0.5, 0.6) is 0 Å². The lowest BCUT2D eigenvalue weighted by molar-refractivity contribution is -0.137. The van der Waals surface area contributed by atoms with Crippen LogP contribution in [0.3, 0.4) is 0 Å². The van der Waals surface area contributed by atoms with Gasteiger partial charge in [-0.2, -0.15) is 13.2 Å². The van der Waals surface area contributed by atoms with E-state index in [1.165, 1.54) is 12.3 Å². The van der Waals surface area contributed by atoms with E-state index in [-0.39, 0.29) is 29.7 Å². The van der Waals surface area contributed by atoms with Gasteiger partial charge in [-0.25, -0.2) is 19.8 Å². The first-order valence-electron chi connectivity index (χ1n) is 12.0. The summed E-state index contributed by atoms with van der Waals surface area (Å²) in [7, 11) is 0. The second kappa shape index (κ2) is 12.2. The summed E-state index contributed by atoms with van der Waals surface area (Å²) in [6, 6.07) is 9.34. The van der Waals surface area contributed by atoms with Gasteiger partial charge in [0.25, 0.3) is 5.91 Å². The number of aromatic nitrogens is 2. The zero-order valence-corrected chi connectivity index (χ0v) is 21.3. The topological polar surface area (TPSA) is 134 Å². The van der Waals surface area contributed by atoms with Crippen LogP contribution in [-0.2, 0) is 12.7 Å². The molecule has 2 heterocycles. The number of nitrogens with one attached hydrogen (secondary N) is 3. The number of rotatable bonds is 6. The molecule has 0 bridgehead atoms. The number of nitrogens with two attached hydrogens (primary N) is 1. The molecule has 1 unspecified atom stereocenters. The Morgan fingerprint density at radius 3 is 2.67 bits per heavy atom. The molecule has 13 heteroatoms. The Hall–Kier alpha value is -4.03. The highest BCUT2D eigenvalue weighted by atomic mass is 35.5. The highest BCUT2D eigenvalue weighted by Gasteiger charge is 2.33. The van der Waals surface area contributed by atoms with Crippen molar-refractivity contribution < 1.29 is 22.8 Å². The number of aliphatic imine (C=N–C) groups is 1. The summed E-state index contributed by atoms with van der Waals surface area (Å²) >= 11 is 5.60. The van der Waals surface area contributed by atoms with Gasteiger partial charge < -0.3 is 21.7 Å². The van der Waals surface area contributed by atoms with E-state index >= 15 is 0 Å². The van der Waals surface area contributed by atoms with E-state index in [4.69, 9.17) is 17.3 Å². The fourth-order valence-corrected chi connectivity index (χ4v) is 4.13. The maximum absolute atomic E-state index is 13.0. The molecule has 1 aliphatic rings. The Morgan fingerprint density at radius 1 is 1.21 bits per heavy atom. The van der Waals surface area contributed by atoms with Gasteiger partial charge >= 0.3 is 12.2 Å². The molecular formula is C26H25ClF3N7O2. The molecule has 0 aliphatic carbocycles. The van der Waals surface area contributed by atoms with Crippen LogP contribution in [0.15, 0.2) is 53.7 Å². The van der Waals surface area contributed by atoms with Gasteiger partial charge in [0.05, 0.1) is 22.5 Å². The second-order valence-electron chi connectivity index (χ2n) is 8.88. The Kier molecular flexibility index (Phi) is 8.77. The number of nitrogens with zero attached hydrogens (tertiary/aromatic N) is 3. The Labute approximate surface area is 227 Å². The maximum Gasteiger partial charge on any atom is 0.417 e. The number of hydrogen-bond donors (Lipinski definition) is 4. The van der Waals surface area contributed by atoms with Crippen LogP contribution >= 0.6 is 11.6 Å². The molecule has 1 aliphatic heterocycles. The number of hydrogen-bond acceptors (Lipinski definition) is 6. The molecule has 5 N–H and O–H groups in total. The predicted octanol–water partition coefficient (Wildman–Crippen LogP) is 4.93. The number of amides is 3. The number of benzene rings is 2. The molecule has 1 aromatic heterocycles. The van der Waals surface area contributed by atoms with Crippen LogP contribution in [-0.4, -0.2) is 41.2 Å². The van der Waals surface area contributed by atoms with Gasteiger partial charge in [-0.1, -0.05) is 35.9 Å². The first-order chi connectivity index (χ1) is 18.6. The molecule has 204 valence electrons. The van der Waals surface area contributed by atoms with Gasteiger partial charge in [0.1, 0.15) is 0 Å². The van der Waals surface area contributed by atoms with E-state index in [9.17, 15) is 22.8 Å². The maximum atomic E-state index is 13.0. The summed E-state index contributed by atoms with van der Waals surface area (Å²) in [6.45, 7) is 1.82. The third-order valence-corrected chi connectivity index (χ3v) is 6.30. The molecule has 4 rings (SSSR count). The molecule has 2 aromatic carbocycles. The lowest BCUT2D eigenvalue weighted by Crippen LogP contribution is -2.30. The van der Waals surface area contributed by atoms with Gasteiger partial charge in [0.15, 0.2) is 11.5 Å². The van der Waals surface area contributed by atoms with E-state index in [1.807, 2.05) is 0 Å². The first-order valence-corrected chi connectivity index (χ1v) is 12.4. The average molecular weight is 560 g/mol. The van der Waals surface area contributed by atoms with Crippen molar-refractivity contribution in [3.8, 4) is 11.3 Å². The minimum atomic E-state index is -4.64. The molecule has 39 heavy (non-hydrogen) atoms.